The summed E-state index contributed by atoms with van der Waals surface area (Å²) in [7, 11) is 0. The smallest absolute Gasteiger partial charge is 0.195 e. The highest BCUT2D eigenvalue weighted by atomic mass is 19.2. The molecule has 0 aromatic heterocycles. The van der Waals surface area contributed by atoms with Gasteiger partial charge in [-0.25, -0.2) is 13.2 Å². The first kappa shape index (κ1) is 15.9. The standard InChI is InChI=1S/C17H19F3O/c1-2-11-3-5-12(6-4-11)15(21)10-8-13-7-9-14(18)17(20)16(13)19/h7,9,11-12,15,21H,2-6H2,1H3/t11-,12-,15?. The second-order valence-corrected chi connectivity index (χ2v) is 5.63. The molecule has 1 saturated carbocycles. The van der Waals surface area contributed by atoms with Gasteiger partial charge in [0, 0.05) is 0 Å². The molecule has 1 N–H and O–H groups in total. The van der Waals surface area contributed by atoms with Crippen LogP contribution in [0.15, 0.2) is 12.1 Å². The predicted molar refractivity (Wildman–Crippen MR) is 74.9 cm³/mol. The van der Waals surface area contributed by atoms with Crippen LogP contribution in [0.25, 0.3) is 0 Å². The molecule has 1 atom stereocenters. The second kappa shape index (κ2) is 7.00. The van der Waals surface area contributed by atoms with Gasteiger partial charge in [-0.1, -0.05) is 38.0 Å². The van der Waals surface area contributed by atoms with Crippen molar-refractivity contribution in [2.45, 2.75) is 45.1 Å². The lowest BCUT2D eigenvalue weighted by Gasteiger charge is -2.28. The average Bonchev–Trinajstić information content (AvgIpc) is 2.52. The van der Waals surface area contributed by atoms with Gasteiger partial charge in [0.05, 0.1) is 5.56 Å². The van der Waals surface area contributed by atoms with Gasteiger partial charge in [-0.2, -0.15) is 0 Å². The summed E-state index contributed by atoms with van der Waals surface area (Å²) in [6.07, 6.45) is 4.23. The first-order chi connectivity index (χ1) is 10.0. The fourth-order valence-corrected chi connectivity index (χ4v) is 2.80. The maximum atomic E-state index is 13.5. The zero-order valence-electron chi connectivity index (χ0n) is 12.0. The Morgan fingerprint density at radius 2 is 1.81 bits per heavy atom. The summed E-state index contributed by atoms with van der Waals surface area (Å²) in [6.45, 7) is 2.16. The lowest BCUT2D eigenvalue weighted by Crippen LogP contribution is -2.24. The van der Waals surface area contributed by atoms with Crippen molar-refractivity contribution in [3.63, 3.8) is 0 Å². The fourth-order valence-electron chi connectivity index (χ4n) is 2.80. The normalized spacial score (nSPS) is 23.3. The van der Waals surface area contributed by atoms with Crippen LogP contribution in [0, 0.1) is 41.1 Å². The maximum absolute atomic E-state index is 13.5. The minimum atomic E-state index is -1.53. The number of halogens is 3. The van der Waals surface area contributed by atoms with E-state index in [0.29, 0.717) is 5.92 Å². The summed E-state index contributed by atoms with van der Waals surface area (Å²) in [5.41, 5.74) is -0.227. The molecule has 2 rings (SSSR count). The Balaban J connectivity index is 2.04. The van der Waals surface area contributed by atoms with Crippen LogP contribution in [0.5, 0.6) is 0 Å². The van der Waals surface area contributed by atoms with E-state index < -0.39 is 23.6 Å². The minimum Gasteiger partial charge on any atom is -0.380 e. The van der Waals surface area contributed by atoms with Gasteiger partial charge >= 0.3 is 0 Å². The van der Waals surface area contributed by atoms with E-state index in [1.165, 1.54) is 0 Å². The van der Waals surface area contributed by atoms with Crippen LogP contribution in [0.2, 0.25) is 0 Å². The number of rotatable bonds is 2. The highest BCUT2D eigenvalue weighted by Crippen LogP contribution is 2.32. The largest absolute Gasteiger partial charge is 0.380 e. The van der Waals surface area contributed by atoms with E-state index in [2.05, 4.69) is 18.8 Å². The van der Waals surface area contributed by atoms with Crippen LogP contribution < -0.4 is 0 Å². The Kier molecular flexibility index (Phi) is 5.30. The van der Waals surface area contributed by atoms with Crippen LogP contribution >= 0.6 is 0 Å². The number of hydrogen-bond donors (Lipinski definition) is 1. The summed E-state index contributed by atoms with van der Waals surface area (Å²) in [5.74, 6) is 1.71. The van der Waals surface area contributed by atoms with E-state index in [1.54, 1.807) is 0 Å². The van der Waals surface area contributed by atoms with E-state index in [1.807, 2.05) is 0 Å². The lowest BCUT2D eigenvalue weighted by molar-refractivity contribution is 0.116. The molecule has 1 aromatic rings. The van der Waals surface area contributed by atoms with Gasteiger partial charge in [0.15, 0.2) is 17.5 Å². The highest BCUT2D eigenvalue weighted by molar-refractivity contribution is 5.37. The van der Waals surface area contributed by atoms with Crippen molar-refractivity contribution >= 4 is 0 Å². The second-order valence-electron chi connectivity index (χ2n) is 5.63. The van der Waals surface area contributed by atoms with Crippen molar-refractivity contribution < 1.29 is 18.3 Å². The summed E-state index contributed by atoms with van der Waals surface area (Å²) in [5, 5.41) is 10.0. The first-order valence-corrected chi connectivity index (χ1v) is 7.36. The topological polar surface area (TPSA) is 20.2 Å². The van der Waals surface area contributed by atoms with Gasteiger partial charge in [0.2, 0.25) is 0 Å². The molecule has 0 amide bonds. The average molecular weight is 296 g/mol. The van der Waals surface area contributed by atoms with Crippen molar-refractivity contribution in [2.24, 2.45) is 11.8 Å². The molecule has 114 valence electrons. The van der Waals surface area contributed by atoms with Gasteiger partial charge in [0.25, 0.3) is 0 Å². The SMILES string of the molecule is CC[C@H]1CC[C@H](C(O)C#Cc2ccc(F)c(F)c2F)CC1. The molecule has 0 aliphatic heterocycles. The Labute approximate surface area is 123 Å². The molecular weight excluding hydrogens is 277 g/mol. The van der Waals surface area contributed by atoms with Crippen LogP contribution in [-0.4, -0.2) is 11.2 Å². The number of benzene rings is 1. The molecule has 0 heterocycles. The summed E-state index contributed by atoms with van der Waals surface area (Å²) < 4.78 is 39.3. The van der Waals surface area contributed by atoms with E-state index in [4.69, 9.17) is 0 Å². The monoisotopic (exact) mass is 296 g/mol. The predicted octanol–water partition coefficient (Wildman–Crippen LogP) is 4.03. The molecule has 1 unspecified atom stereocenters. The van der Waals surface area contributed by atoms with Crippen LogP contribution in [-0.2, 0) is 0 Å². The van der Waals surface area contributed by atoms with E-state index in [0.717, 1.165) is 44.2 Å². The van der Waals surface area contributed by atoms with Crippen molar-refractivity contribution in [3.8, 4) is 11.8 Å². The molecule has 1 fully saturated rings. The molecule has 4 heteroatoms. The lowest BCUT2D eigenvalue weighted by atomic mass is 9.78. The zero-order valence-corrected chi connectivity index (χ0v) is 12.0. The van der Waals surface area contributed by atoms with Gasteiger partial charge < -0.3 is 5.11 Å². The molecule has 21 heavy (non-hydrogen) atoms. The maximum Gasteiger partial charge on any atom is 0.195 e. The molecular formula is C17H19F3O. The van der Waals surface area contributed by atoms with Crippen LogP contribution in [0.3, 0.4) is 0 Å². The minimum absolute atomic E-state index is 0.0775. The summed E-state index contributed by atoms with van der Waals surface area (Å²) >= 11 is 0. The Hall–Kier alpha value is -1.47. The zero-order chi connectivity index (χ0) is 15.4. The van der Waals surface area contributed by atoms with E-state index in [-0.39, 0.29) is 11.5 Å². The highest BCUT2D eigenvalue weighted by Gasteiger charge is 2.24. The van der Waals surface area contributed by atoms with E-state index in [9.17, 15) is 18.3 Å². The molecule has 1 nitrogen and oxygen atoms in total. The number of aliphatic hydroxyl groups excluding tert-OH is 1. The van der Waals surface area contributed by atoms with Gasteiger partial charge in [-0.05, 0) is 36.8 Å². The van der Waals surface area contributed by atoms with Crippen LogP contribution in [0.1, 0.15) is 44.6 Å². The molecule has 1 aliphatic rings. The fraction of sp³-hybridized carbons (Fsp3) is 0.529. The first-order valence-electron chi connectivity index (χ1n) is 7.36. The number of hydrogen-bond acceptors (Lipinski definition) is 1. The van der Waals surface area contributed by atoms with Gasteiger partial charge in [-0.3, -0.25) is 0 Å². The van der Waals surface area contributed by atoms with Crippen molar-refractivity contribution in [1.29, 1.82) is 0 Å². The molecule has 0 bridgehead atoms. The third kappa shape index (κ3) is 3.79. The molecule has 1 aliphatic carbocycles. The van der Waals surface area contributed by atoms with E-state index >= 15 is 0 Å². The quantitative estimate of drug-likeness (QED) is 0.645. The summed E-state index contributed by atoms with van der Waals surface area (Å²) in [6, 6.07) is 1.92. The molecule has 0 saturated heterocycles. The third-order valence-corrected chi connectivity index (χ3v) is 4.31. The van der Waals surface area contributed by atoms with Crippen LogP contribution in [0.4, 0.5) is 13.2 Å². The Morgan fingerprint density at radius 1 is 1.14 bits per heavy atom. The van der Waals surface area contributed by atoms with Crippen molar-refractivity contribution in [3.05, 3.63) is 35.1 Å². The Bertz CT molecular complexity index is 551. The van der Waals surface area contributed by atoms with Crippen molar-refractivity contribution in [1.82, 2.24) is 0 Å². The molecule has 0 spiro atoms. The number of aliphatic hydroxyl groups is 1. The van der Waals surface area contributed by atoms with Gasteiger partial charge in [-0.15, -0.1) is 0 Å². The Morgan fingerprint density at radius 3 is 2.43 bits per heavy atom. The molecule has 0 radical (unpaired) electrons. The summed E-state index contributed by atoms with van der Waals surface area (Å²) in [4.78, 5) is 0. The van der Waals surface area contributed by atoms with Gasteiger partial charge in [0.1, 0.15) is 6.10 Å². The third-order valence-electron chi connectivity index (χ3n) is 4.31. The van der Waals surface area contributed by atoms with Crippen molar-refractivity contribution in [2.75, 3.05) is 0 Å². The molecule has 1 aromatic carbocycles.